The summed E-state index contributed by atoms with van der Waals surface area (Å²) in [5, 5.41) is 0. The monoisotopic (exact) mass is 206 g/mol. The normalized spacial score (nSPS) is 8.23. The van der Waals surface area contributed by atoms with E-state index in [2.05, 4.69) is 23.1 Å². The van der Waals surface area contributed by atoms with Crippen LogP contribution in [-0.2, 0) is 0 Å². The van der Waals surface area contributed by atoms with Gasteiger partial charge in [-0.1, -0.05) is 56.3 Å². The maximum absolute atomic E-state index is 5.44. The lowest BCUT2D eigenvalue weighted by Crippen LogP contribution is -2.10. The van der Waals surface area contributed by atoms with Crippen LogP contribution in [0.15, 0.2) is 0 Å². The number of hydrogen-bond donors (Lipinski definition) is 0. The van der Waals surface area contributed by atoms with Crippen molar-refractivity contribution in [1.29, 1.82) is 0 Å². The van der Waals surface area contributed by atoms with Gasteiger partial charge in [0.05, 0.1) is 7.85 Å². The molecule has 0 spiro atoms. The Morgan fingerprint density at radius 2 is 1.38 bits per heavy atom. The summed E-state index contributed by atoms with van der Waals surface area (Å²) in [6.07, 6.45) is 4.40. The molecule has 2 radical (unpaired) electrons. The molecule has 0 aliphatic rings. The van der Waals surface area contributed by atoms with Crippen LogP contribution in [0.2, 0.25) is 6.32 Å². The summed E-state index contributed by atoms with van der Waals surface area (Å²) in [6.45, 7) is 4.54. The molecular formula is C11H32BP. The second-order valence-corrected chi connectivity index (χ2v) is 3.82. The zero-order valence-electron chi connectivity index (χ0n) is 6.48. The molecule has 0 aliphatic heterocycles. The lowest BCUT2D eigenvalue weighted by atomic mass is 9.81. The van der Waals surface area contributed by atoms with E-state index in [-0.39, 0.29) is 29.7 Å². The SMILES string of the molecule is C.C.C.C.[B]CCC(C)(C)CCP. The lowest BCUT2D eigenvalue weighted by molar-refractivity contribution is 0.341. The van der Waals surface area contributed by atoms with Gasteiger partial charge in [0.15, 0.2) is 0 Å². The maximum Gasteiger partial charge on any atom is 0.0653 e. The molecular weight excluding hydrogens is 174 g/mol. The highest BCUT2D eigenvalue weighted by atomic mass is 31.0. The van der Waals surface area contributed by atoms with Crippen molar-refractivity contribution >= 4 is 17.1 Å². The smallest absolute Gasteiger partial charge is 0.0653 e. The van der Waals surface area contributed by atoms with Gasteiger partial charge in [0.2, 0.25) is 0 Å². The third-order valence-electron chi connectivity index (χ3n) is 1.64. The van der Waals surface area contributed by atoms with Gasteiger partial charge >= 0.3 is 0 Å². The highest BCUT2D eigenvalue weighted by molar-refractivity contribution is 7.16. The molecule has 0 aromatic heterocycles. The van der Waals surface area contributed by atoms with Crippen molar-refractivity contribution in [3.8, 4) is 0 Å². The maximum atomic E-state index is 5.44. The zero-order chi connectivity index (χ0) is 7.33. The first-order valence-corrected chi connectivity index (χ1v) is 4.34. The van der Waals surface area contributed by atoms with Crippen LogP contribution in [0.1, 0.15) is 56.4 Å². The van der Waals surface area contributed by atoms with Crippen molar-refractivity contribution in [2.45, 2.75) is 62.7 Å². The van der Waals surface area contributed by atoms with Crippen LogP contribution in [0, 0.1) is 5.41 Å². The minimum Gasteiger partial charge on any atom is -0.138 e. The van der Waals surface area contributed by atoms with Crippen LogP contribution in [-0.4, -0.2) is 14.0 Å². The fourth-order valence-electron chi connectivity index (χ4n) is 0.906. The second-order valence-electron chi connectivity index (χ2n) is 3.24. The molecule has 0 saturated carbocycles. The first-order chi connectivity index (χ1) is 4.12. The Morgan fingerprint density at radius 1 is 1.00 bits per heavy atom. The Kier molecular flexibility index (Phi) is 33.7. The van der Waals surface area contributed by atoms with Crippen LogP contribution in [0.3, 0.4) is 0 Å². The van der Waals surface area contributed by atoms with E-state index in [0.717, 1.165) is 12.7 Å². The number of rotatable bonds is 4. The average Bonchev–Trinajstić information content (AvgIpc) is 1.64. The van der Waals surface area contributed by atoms with Crippen LogP contribution < -0.4 is 0 Å². The molecule has 0 heterocycles. The lowest BCUT2D eigenvalue weighted by Gasteiger charge is -2.22. The molecule has 0 rings (SSSR count). The molecule has 0 aromatic carbocycles. The van der Waals surface area contributed by atoms with Gasteiger partial charge in [0.25, 0.3) is 0 Å². The minimum atomic E-state index is 0. The molecule has 0 amide bonds. The molecule has 13 heavy (non-hydrogen) atoms. The fraction of sp³-hybridized carbons (Fsp3) is 1.00. The van der Waals surface area contributed by atoms with Gasteiger partial charge in [-0.15, -0.1) is 9.24 Å². The Morgan fingerprint density at radius 3 is 1.62 bits per heavy atom. The molecule has 0 N–H and O–H groups in total. The van der Waals surface area contributed by atoms with Crippen molar-refractivity contribution in [3.05, 3.63) is 0 Å². The largest absolute Gasteiger partial charge is 0.138 e. The van der Waals surface area contributed by atoms with Gasteiger partial charge in [0.1, 0.15) is 0 Å². The Balaban J connectivity index is -0.0000000533. The summed E-state index contributed by atoms with van der Waals surface area (Å²) in [5.41, 5.74) is 0.455. The summed E-state index contributed by atoms with van der Waals surface area (Å²) in [5.74, 6) is 0. The topological polar surface area (TPSA) is 0 Å². The van der Waals surface area contributed by atoms with Crippen molar-refractivity contribution in [2.24, 2.45) is 5.41 Å². The molecule has 84 valence electrons. The predicted molar refractivity (Wildman–Crippen MR) is 75.1 cm³/mol. The van der Waals surface area contributed by atoms with Crippen LogP contribution >= 0.6 is 9.24 Å². The molecule has 0 nitrogen and oxygen atoms in total. The van der Waals surface area contributed by atoms with E-state index < -0.39 is 0 Å². The molecule has 0 bridgehead atoms. The second kappa shape index (κ2) is 15.0. The standard InChI is InChI=1S/C7H16BP.4CH4/c1-7(2,3-5-8)4-6-9;;;;/h3-6,9H2,1-2H3;4*1H4. The third-order valence-corrected chi connectivity index (χ3v) is 1.93. The highest BCUT2D eigenvalue weighted by Gasteiger charge is 2.13. The van der Waals surface area contributed by atoms with E-state index in [1.165, 1.54) is 12.6 Å². The molecule has 1 atom stereocenters. The predicted octanol–water partition coefficient (Wildman–Crippen LogP) is 4.80. The van der Waals surface area contributed by atoms with E-state index in [9.17, 15) is 0 Å². The van der Waals surface area contributed by atoms with Gasteiger partial charge in [-0.25, -0.2) is 0 Å². The van der Waals surface area contributed by atoms with Gasteiger partial charge in [-0.05, 0) is 18.0 Å². The van der Waals surface area contributed by atoms with Gasteiger partial charge in [-0.3, -0.25) is 0 Å². The minimum absolute atomic E-state index is 0. The number of hydrogen-bond acceptors (Lipinski definition) is 0. The van der Waals surface area contributed by atoms with E-state index in [1.54, 1.807) is 0 Å². The molecule has 0 aromatic rings. The van der Waals surface area contributed by atoms with Crippen molar-refractivity contribution in [1.82, 2.24) is 0 Å². The van der Waals surface area contributed by atoms with Crippen LogP contribution in [0.25, 0.3) is 0 Å². The highest BCUT2D eigenvalue weighted by Crippen LogP contribution is 2.26. The van der Waals surface area contributed by atoms with Gasteiger partial charge < -0.3 is 0 Å². The van der Waals surface area contributed by atoms with E-state index in [1.807, 2.05) is 0 Å². The van der Waals surface area contributed by atoms with Crippen LogP contribution in [0.4, 0.5) is 0 Å². The zero-order valence-corrected chi connectivity index (χ0v) is 7.64. The fourth-order valence-corrected chi connectivity index (χ4v) is 1.69. The first-order valence-electron chi connectivity index (χ1n) is 3.52. The van der Waals surface area contributed by atoms with Crippen molar-refractivity contribution < 1.29 is 0 Å². The van der Waals surface area contributed by atoms with Crippen molar-refractivity contribution in [2.75, 3.05) is 6.16 Å². The van der Waals surface area contributed by atoms with Gasteiger partial charge in [-0.2, -0.15) is 0 Å². The third kappa shape index (κ3) is 19.1. The summed E-state index contributed by atoms with van der Waals surface area (Å²) in [4.78, 5) is 0. The molecule has 2 heteroatoms. The average molecular weight is 206 g/mol. The Hall–Kier alpha value is 0.495. The summed E-state index contributed by atoms with van der Waals surface area (Å²) >= 11 is 0. The molecule has 0 fully saturated rings. The first kappa shape index (κ1) is 29.2. The summed E-state index contributed by atoms with van der Waals surface area (Å²) in [6, 6.07) is 0. The molecule has 0 aliphatic carbocycles. The van der Waals surface area contributed by atoms with Crippen molar-refractivity contribution in [3.63, 3.8) is 0 Å². The molecule has 1 unspecified atom stereocenters. The Bertz CT molecular complexity index is 64.5. The van der Waals surface area contributed by atoms with Gasteiger partial charge in [0, 0.05) is 0 Å². The quantitative estimate of drug-likeness (QED) is 0.457. The van der Waals surface area contributed by atoms with E-state index in [0.29, 0.717) is 5.41 Å². The van der Waals surface area contributed by atoms with Crippen LogP contribution in [0.5, 0.6) is 0 Å². The summed E-state index contributed by atoms with van der Waals surface area (Å²) < 4.78 is 0. The molecule has 0 saturated heterocycles. The van der Waals surface area contributed by atoms with E-state index >= 15 is 0 Å². The van der Waals surface area contributed by atoms with E-state index in [4.69, 9.17) is 7.85 Å². The Labute approximate surface area is 91.9 Å². The summed E-state index contributed by atoms with van der Waals surface area (Å²) in [7, 11) is 8.19.